The van der Waals surface area contributed by atoms with Gasteiger partial charge in [0.15, 0.2) is 0 Å². The average molecular weight is 297 g/mol. The van der Waals surface area contributed by atoms with E-state index < -0.39 is 11.8 Å². The molecule has 0 heterocycles. The molecule has 0 bridgehead atoms. The number of unbranched alkanes of at least 4 members (excludes halogenated alkanes) is 2. The van der Waals surface area contributed by atoms with Crippen molar-refractivity contribution in [3.63, 3.8) is 0 Å². The molecular weight excluding hydrogens is 276 g/mol. The summed E-state index contributed by atoms with van der Waals surface area (Å²) in [7, 11) is 0. The lowest BCUT2D eigenvalue weighted by atomic mass is 10.1. The lowest BCUT2D eigenvalue weighted by Crippen LogP contribution is -2.40. The van der Waals surface area contributed by atoms with Gasteiger partial charge in [-0.3, -0.25) is 9.59 Å². The fraction of sp³-hybridized carbons (Fsp3) is 0.467. The summed E-state index contributed by atoms with van der Waals surface area (Å²) in [4.78, 5) is 23.0. The average Bonchev–Trinajstić information content (AvgIpc) is 2.43. The van der Waals surface area contributed by atoms with E-state index in [1.165, 1.54) is 0 Å². The van der Waals surface area contributed by atoms with Gasteiger partial charge in [-0.1, -0.05) is 43.5 Å². The first-order chi connectivity index (χ1) is 9.63. The highest BCUT2D eigenvalue weighted by molar-refractivity contribution is 6.35. The van der Waals surface area contributed by atoms with Crippen molar-refractivity contribution in [3.05, 3.63) is 34.9 Å². The van der Waals surface area contributed by atoms with Crippen LogP contribution in [0.5, 0.6) is 0 Å². The Bertz CT molecular complexity index is 449. The number of halogens is 1. The minimum atomic E-state index is -0.580. The van der Waals surface area contributed by atoms with Crippen molar-refractivity contribution < 1.29 is 9.59 Å². The van der Waals surface area contributed by atoms with Crippen LogP contribution in [0.4, 0.5) is 0 Å². The molecule has 0 aromatic heterocycles. The van der Waals surface area contributed by atoms with Crippen LogP contribution in [0.25, 0.3) is 0 Å². The van der Waals surface area contributed by atoms with Crippen LogP contribution in [-0.2, 0) is 16.0 Å². The summed E-state index contributed by atoms with van der Waals surface area (Å²) in [5, 5.41) is 5.87. The Morgan fingerprint density at radius 3 is 2.45 bits per heavy atom. The predicted octanol–water partition coefficient (Wildman–Crippen LogP) is 2.31. The van der Waals surface area contributed by atoms with Gasteiger partial charge in [-0.05, 0) is 30.5 Å². The molecule has 0 atom stereocenters. The van der Waals surface area contributed by atoms with Crippen LogP contribution in [0.3, 0.4) is 0 Å². The standard InChI is InChI=1S/C15H21ClN2O2/c1-2-3-4-9-17-14(19)15(20)18-10-8-12-6-5-7-13(16)11-12/h5-7,11H,2-4,8-10H2,1H3,(H,17,19)(H,18,20). The van der Waals surface area contributed by atoms with Crippen molar-refractivity contribution in [2.45, 2.75) is 32.6 Å². The lowest BCUT2D eigenvalue weighted by Gasteiger charge is -2.06. The van der Waals surface area contributed by atoms with Crippen LogP contribution < -0.4 is 10.6 Å². The van der Waals surface area contributed by atoms with Crippen molar-refractivity contribution in [1.82, 2.24) is 10.6 Å². The molecule has 0 radical (unpaired) electrons. The van der Waals surface area contributed by atoms with E-state index >= 15 is 0 Å². The van der Waals surface area contributed by atoms with E-state index in [2.05, 4.69) is 17.6 Å². The second-order valence-electron chi connectivity index (χ2n) is 4.60. The zero-order valence-electron chi connectivity index (χ0n) is 11.7. The van der Waals surface area contributed by atoms with E-state index in [1.807, 2.05) is 18.2 Å². The van der Waals surface area contributed by atoms with Gasteiger partial charge in [0.2, 0.25) is 0 Å². The van der Waals surface area contributed by atoms with Gasteiger partial charge in [-0.25, -0.2) is 0 Å². The van der Waals surface area contributed by atoms with Crippen LogP contribution in [0.15, 0.2) is 24.3 Å². The minimum absolute atomic E-state index is 0.418. The van der Waals surface area contributed by atoms with Crippen molar-refractivity contribution >= 4 is 23.4 Å². The normalized spacial score (nSPS) is 10.1. The Morgan fingerprint density at radius 1 is 1.10 bits per heavy atom. The van der Waals surface area contributed by atoms with Gasteiger partial charge in [-0.15, -0.1) is 0 Å². The molecule has 0 saturated carbocycles. The molecule has 110 valence electrons. The molecule has 20 heavy (non-hydrogen) atoms. The van der Waals surface area contributed by atoms with Crippen LogP contribution in [-0.4, -0.2) is 24.9 Å². The summed E-state index contributed by atoms with van der Waals surface area (Å²) < 4.78 is 0. The first kappa shape index (κ1) is 16.5. The number of carbonyl (C=O) groups excluding carboxylic acids is 2. The van der Waals surface area contributed by atoms with Crippen molar-refractivity contribution in [1.29, 1.82) is 0 Å². The summed E-state index contributed by atoms with van der Waals surface area (Å²) in [6.45, 7) is 3.06. The maximum absolute atomic E-state index is 11.5. The van der Waals surface area contributed by atoms with E-state index in [0.29, 0.717) is 24.5 Å². The quantitative estimate of drug-likeness (QED) is 0.599. The van der Waals surface area contributed by atoms with Gasteiger partial charge >= 0.3 is 11.8 Å². The molecule has 0 aliphatic rings. The van der Waals surface area contributed by atoms with Gasteiger partial charge in [-0.2, -0.15) is 0 Å². The predicted molar refractivity (Wildman–Crippen MR) is 80.7 cm³/mol. The number of amides is 2. The number of rotatable bonds is 7. The summed E-state index contributed by atoms with van der Waals surface area (Å²) in [6.07, 6.45) is 3.69. The number of benzene rings is 1. The Balaban J connectivity index is 2.20. The Labute approximate surface area is 124 Å². The molecule has 0 aliphatic carbocycles. The van der Waals surface area contributed by atoms with Gasteiger partial charge in [0, 0.05) is 18.1 Å². The maximum Gasteiger partial charge on any atom is 0.309 e. The number of hydrogen-bond acceptors (Lipinski definition) is 2. The van der Waals surface area contributed by atoms with Crippen LogP contribution in [0.2, 0.25) is 5.02 Å². The van der Waals surface area contributed by atoms with E-state index in [0.717, 1.165) is 24.8 Å². The van der Waals surface area contributed by atoms with Crippen molar-refractivity contribution in [2.75, 3.05) is 13.1 Å². The van der Waals surface area contributed by atoms with E-state index in [4.69, 9.17) is 11.6 Å². The molecule has 0 spiro atoms. The molecule has 0 saturated heterocycles. The molecule has 0 fully saturated rings. The number of nitrogens with one attached hydrogen (secondary N) is 2. The van der Waals surface area contributed by atoms with E-state index in [1.54, 1.807) is 6.07 Å². The monoisotopic (exact) mass is 296 g/mol. The number of carbonyl (C=O) groups is 2. The molecule has 2 amide bonds. The summed E-state index contributed by atoms with van der Waals surface area (Å²) in [5.74, 6) is -1.14. The Morgan fingerprint density at radius 2 is 1.80 bits per heavy atom. The topological polar surface area (TPSA) is 58.2 Å². The molecule has 4 nitrogen and oxygen atoms in total. The zero-order chi connectivity index (χ0) is 14.8. The fourth-order valence-corrected chi connectivity index (χ4v) is 1.96. The largest absolute Gasteiger partial charge is 0.348 e. The van der Waals surface area contributed by atoms with Crippen molar-refractivity contribution in [2.24, 2.45) is 0 Å². The summed E-state index contributed by atoms with van der Waals surface area (Å²) >= 11 is 5.87. The van der Waals surface area contributed by atoms with Crippen molar-refractivity contribution in [3.8, 4) is 0 Å². The van der Waals surface area contributed by atoms with Crippen LogP contribution in [0, 0.1) is 0 Å². The third kappa shape index (κ3) is 6.57. The van der Waals surface area contributed by atoms with Gasteiger partial charge < -0.3 is 10.6 Å². The highest BCUT2D eigenvalue weighted by Gasteiger charge is 2.11. The second-order valence-corrected chi connectivity index (χ2v) is 5.04. The second kappa shape index (κ2) is 9.37. The highest BCUT2D eigenvalue weighted by atomic mass is 35.5. The lowest BCUT2D eigenvalue weighted by molar-refractivity contribution is -0.139. The van der Waals surface area contributed by atoms with Crippen LogP contribution >= 0.6 is 11.6 Å². The van der Waals surface area contributed by atoms with E-state index in [-0.39, 0.29) is 0 Å². The van der Waals surface area contributed by atoms with Gasteiger partial charge in [0.1, 0.15) is 0 Å². The molecule has 5 heteroatoms. The maximum atomic E-state index is 11.5. The third-order valence-corrected chi connectivity index (χ3v) is 3.10. The smallest absolute Gasteiger partial charge is 0.309 e. The van der Waals surface area contributed by atoms with Gasteiger partial charge in [0.05, 0.1) is 0 Å². The first-order valence-electron chi connectivity index (χ1n) is 6.94. The molecule has 1 aromatic carbocycles. The van der Waals surface area contributed by atoms with E-state index in [9.17, 15) is 9.59 Å². The summed E-state index contributed by atoms with van der Waals surface area (Å²) in [5.41, 5.74) is 1.03. The Kier molecular flexibility index (Phi) is 7.73. The minimum Gasteiger partial charge on any atom is -0.348 e. The summed E-state index contributed by atoms with van der Waals surface area (Å²) in [6, 6.07) is 7.44. The first-order valence-corrected chi connectivity index (χ1v) is 7.31. The molecule has 1 rings (SSSR count). The molecule has 2 N–H and O–H groups in total. The zero-order valence-corrected chi connectivity index (χ0v) is 12.5. The molecular formula is C15H21ClN2O2. The highest BCUT2D eigenvalue weighted by Crippen LogP contribution is 2.10. The molecule has 0 unspecified atom stereocenters. The molecule has 1 aromatic rings. The van der Waals surface area contributed by atoms with Gasteiger partial charge in [0.25, 0.3) is 0 Å². The third-order valence-electron chi connectivity index (χ3n) is 2.86. The van der Waals surface area contributed by atoms with Crippen LogP contribution in [0.1, 0.15) is 31.7 Å². The SMILES string of the molecule is CCCCCNC(=O)C(=O)NCCc1cccc(Cl)c1. The fourth-order valence-electron chi connectivity index (χ4n) is 1.75. The molecule has 0 aliphatic heterocycles. The number of hydrogen-bond donors (Lipinski definition) is 2. The Hall–Kier alpha value is -1.55.